The number of fused-ring (bicyclic) bond motifs is 5. The smallest absolute Gasteiger partial charge is 0.249 e. The number of carbonyl (C=O) groups is 2. The molecule has 0 saturated heterocycles. The number of carbonyl (C=O) groups excluding carboxylic acids is 2. The van der Waals surface area contributed by atoms with Crippen molar-refractivity contribution < 1.29 is 14.3 Å². The van der Waals surface area contributed by atoms with Crippen molar-refractivity contribution >= 4 is 34.5 Å². The number of nitrogens with zero attached hydrogens (tertiary/aromatic N) is 1. The van der Waals surface area contributed by atoms with E-state index in [1.54, 1.807) is 19.1 Å². The van der Waals surface area contributed by atoms with Gasteiger partial charge in [-0.15, -0.1) is 0 Å². The van der Waals surface area contributed by atoms with Gasteiger partial charge in [-0.05, 0) is 59.5 Å². The molecule has 4 aromatic rings. The van der Waals surface area contributed by atoms with Crippen molar-refractivity contribution in [3.8, 4) is 5.75 Å². The van der Waals surface area contributed by atoms with Crippen LogP contribution in [0.3, 0.4) is 0 Å². The Labute approximate surface area is 210 Å². The van der Waals surface area contributed by atoms with Crippen LogP contribution in [0.2, 0.25) is 0 Å². The molecule has 1 unspecified atom stereocenters. The number of aromatic amines is 1. The van der Waals surface area contributed by atoms with E-state index in [1.807, 2.05) is 66.7 Å². The highest BCUT2D eigenvalue weighted by molar-refractivity contribution is 6.00. The number of aromatic nitrogens is 1. The van der Waals surface area contributed by atoms with E-state index in [0.29, 0.717) is 6.42 Å². The van der Waals surface area contributed by atoms with Gasteiger partial charge in [0.2, 0.25) is 11.8 Å². The first-order valence-corrected chi connectivity index (χ1v) is 12.1. The van der Waals surface area contributed by atoms with Crippen molar-refractivity contribution in [3.63, 3.8) is 0 Å². The summed E-state index contributed by atoms with van der Waals surface area (Å²) < 4.78 is 5.24. The van der Waals surface area contributed by atoms with Crippen molar-refractivity contribution in [3.05, 3.63) is 101 Å². The molecule has 3 aromatic carbocycles. The Balaban J connectivity index is 1.50. The predicted molar refractivity (Wildman–Crippen MR) is 143 cm³/mol. The van der Waals surface area contributed by atoms with Gasteiger partial charge in [-0.25, -0.2) is 0 Å². The van der Waals surface area contributed by atoms with Crippen LogP contribution in [0.4, 0.5) is 5.69 Å². The molecule has 2 amide bonds. The molecule has 1 aliphatic rings. The average molecular weight is 480 g/mol. The Bertz CT molecular complexity index is 1440. The third-order valence-electron chi connectivity index (χ3n) is 6.68. The van der Waals surface area contributed by atoms with E-state index in [2.05, 4.69) is 28.5 Å². The van der Waals surface area contributed by atoms with Gasteiger partial charge in [0, 0.05) is 35.8 Å². The van der Waals surface area contributed by atoms with Gasteiger partial charge in [0.05, 0.1) is 13.5 Å². The zero-order valence-electron chi connectivity index (χ0n) is 20.5. The summed E-state index contributed by atoms with van der Waals surface area (Å²) in [6, 6.07) is 22.8. The fraction of sp³-hybridized carbons (Fsp3) is 0.200. The standard InChI is InChI=1S/C30H29N3O3/c1-33(22-13-15-23(36-2)16-14-22)30(35)28-18-21-9-5-7-20(17-21)8-6-12-27-25(19-29(34)32-28)24-10-3-4-11-26(24)31-27/h3-7,9-17,28,31H,8,18-19H2,1-2H3,(H,32,34)/b12-6+. The molecule has 2 N–H and O–H groups in total. The molecule has 0 saturated carbocycles. The van der Waals surface area contributed by atoms with Crippen molar-refractivity contribution in [2.24, 2.45) is 0 Å². The van der Waals surface area contributed by atoms with Gasteiger partial charge in [-0.3, -0.25) is 9.59 Å². The predicted octanol–water partition coefficient (Wildman–Crippen LogP) is 4.68. The van der Waals surface area contributed by atoms with Crippen LogP contribution in [-0.2, 0) is 28.9 Å². The zero-order valence-corrected chi connectivity index (χ0v) is 20.5. The van der Waals surface area contributed by atoms with E-state index in [4.69, 9.17) is 4.74 Å². The summed E-state index contributed by atoms with van der Waals surface area (Å²) in [6.45, 7) is 0. The van der Waals surface area contributed by atoms with Crippen LogP contribution in [0.1, 0.15) is 22.4 Å². The molecule has 5 rings (SSSR count). The summed E-state index contributed by atoms with van der Waals surface area (Å²) in [7, 11) is 3.34. The van der Waals surface area contributed by atoms with Crippen LogP contribution >= 0.6 is 0 Å². The maximum atomic E-state index is 13.6. The van der Waals surface area contributed by atoms with Gasteiger partial charge in [-0.1, -0.05) is 48.5 Å². The number of hydrogen-bond acceptors (Lipinski definition) is 3. The quantitative estimate of drug-likeness (QED) is 0.448. The molecule has 0 fully saturated rings. The first-order valence-electron chi connectivity index (χ1n) is 12.1. The lowest BCUT2D eigenvalue weighted by molar-refractivity contribution is -0.127. The van der Waals surface area contributed by atoms with E-state index >= 15 is 0 Å². The number of ether oxygens (including phenoxy) is 1. The summed E-state index contributed by atoms with van der Waals surface area (Å²) in [5, 5.41) is 4.05. The first-order chi connectivity index (χ1) is 17.5. The molecule has 2 bridgehead atoms. The normalized spacial score (nSPS) is 16.6. The van der Waals surface area contributed by atoms with Crippen LogP contribution < -0.4 is 15.0 Å². The fourth-order valence-corrected chi connectivity index (χ4v) is 4.76. The molecule has 6 heteroatoms. The monoisotopic (exact) mass is 479 g/mol. The van der Waals surface area contributed by atoms with Crippen molar-refractivity contribution in [1.82, 2.24) is 10.3 Å². The maximum Gasteiger partial charge on any atom is 0.249 e. The summed E-state index contributed by atoms with van der Waals surface area (Å²) in [5.74, 6) is 0.354. The Hall–Kier alpha value is -4.32. The average Bonchev–Trinajstić information content (AvgIpc) is 3.24. The molecule has 6 nitrogen and oxygen atoms in total. The van der Waals surface area contributed by atoms with Gasteiger partial charge in [0.1, 0.15) is 11.8 Å². The van der Waals surface area contributed by atoms with E-state index in [-0.39, 0.29) is 18.2 Å². The lowest BCUT2D eigenvalue weighted by Crippen LogP contribution is -2.49. The van der Waals surface area contributed by atoms with Crippen molar-refractivity contribution in [2.45, 2.75) is 25.3 Å². The van der Waals surface area contributed by atoms with Crippen LogP contribution in [0.25, 0.3) is 17.0 Å². The highest BCUT2D eigenvalue weighted by Gasteiger charge is 2.26. The lowest BCUT2D eigenvalue weighted by Gasteiger charge is -2.25. The van der Waals surface area contributed by atoms with Gasteiger partial charge in [0.25, 0.3) is 0 Å². The van der Waals surface area contributed by atoms with Gasteiger partial charge in [-0.2, -0.15) is 0 Å². The molecule has 2 heterocycles. The topological polar surface area (TPSA) is 74.4 Å². The number of para-hydroxylation sites is 1. The number of anilines is 1. The SMILES string of the molecule is COc1ccc(N(C)C(=O)C2Cc3cccc(c3)C/C=C/c3[nH]c4ccccc4c3CC(=O)N2)cc1. The van der Waals surface area contributed by atoms with E-state index in [1.165, 1.54) is 0 Å². The number of H-pyrrole nitrogens is 1. The minimum Gasteiger partial charge on any atom is -0.497 e. The summed E-state index contributed by atoms with van der Waals surface area (Å²) in [5.41, 5.74) is 5.73. The summed E-state index contributed by atoms with van der Waals surface area (Å²) >= 11 is 0. The van der Waals surface area contributed by atoms with E-state index in [9.17, 15) is 9.59 Å². The van der Waals surface area contributed by atoms with Crippen LogP contribution in [0.15, 0.2) is 78.9 Å². The second-order valence-electron chi connectivity index (χ2n) is 9.09. The lowest BCUT2D eigenvalue weighted by atomic mass is 10.0. The second-order valence-corrected chi connectivity index (χ2v) is 9.09. The van der Waals surface area contributed by atoms with Crippen molar-refractivity contribution in [2.75, 3.05) is 19.1 Å². The van der Waals surface area contributed by atoms with E-state index in [0.717, 1.165) is 51.1 Å². The molecule has 0 aliphatic carbocycles. The number of methoxy groups -OCH3 is 1. The number of nitrogens with one attached hydrogen (secondary N) is 2. The molecule has 1 aliphatic heterocycles. The Morgan fingerprint density at radius 3 is 2.58 bits per heavy atom. The molecular formula is C30H29N3O3. The number of benzene rings is 3. The summed E-state index contributed by atoms with van der Waals surface area (Å²) in [4.78, 5) is 32.0. The first kappa shape index (κ1) is 23.4. The number of allylic oxidation sites excluding steroid dienone is 1. The summed E-state index contributed by atoms with van der Waals surface area (Å²) in [6.07, 6.45) is 5.51. The molecule has 1 aromatic heterocycles. The highest BCUT2D eigenvalue weighted by Crippen LogP contribution is 2.25. The van der Waals surface area contributed by atoms with Crippen LogP contribution in [-0.4, -0.2) is 37.0 Å². The minimum absolute atomic E-state index is 0.175. The Morgan fingerprint density at radius 2 is 1.78 bits per heavy atom. The number of hydrogen-bond donors (Lipinski definition) is 2. The van der Waals surface area contributed by atoms with Crippen LogP contribution in [0.5, 0.6) is 5.75 Å². The number of rotatable bonds is 3. The molecule has 0 spiro atoms. The Morgan fingerprint density at radius 1 is 1.00 bits per heavy atom. The second kappa shape index (κ2) is 10.1. The molecule has 1 atom stereocenters. The molecule has 36 heavy (non-hydrogen) atoms. The maximum absolute atomic E-state index is 13.6. The third-order valence-corrected chi connectivity index (χ3v) is 6.68. The van der Waals surface area contributed by atoms with Crippen molar-refractivity contribution in [1.29, 1.82) is 0 Å². The Kier molecular flexibility index (Phi) is 6.58. The number of amides is 2. The van der Waals surface area contributed by atoms with Gasteiger partial charge >= 0.3 is 0 Å². The molecular weight excluding hydrogens is 450 g/mol. The van der Waals surface area contributed by atoms with Gasteiger partial charge in [0.15, 0.2) is 0 Å². The van der Waals surface area contributed by atoms with Gasteiger partial charge < -0.3 is 19.9 Å². The molecule has 0 radical (unpaired) electrons. The van der Waals surface area contributed by atoms with Crippen LogP contribution in [0, 0.1) is 0 Å². The highest BCUT2D eigenvalue weighted by atomic mass is 16.5. The molecule has 182 valence electrons. The fourth-order valence-electron chi connectivity index (χ4n) is 4.76. The third kappa shape index (κ3) is 4.89. The van der Waals surface area contributed by atoms with E-state index < -0.39 is 6.04 Å². The zero-order chi connectivity index (χ0) is 25.1. The minimum atomic E-state index is -0.706. The largest absolute Gasteiger partial charge is 0.497 e. The number of likely N-dealkylation sites (N-methyl/N-ethyl adjacent to an activating group) is 1.